The van der Waals surface area contributed by atoms with Crippen molar-refractivity contribution in [2.45, 2.75) is 32.4 Å². The van der Waals surface area contributed by atoms with Crippen LogP contribution in [0.1, 0.15) is 36.9 Å². The van der Waals surface area contributed by atoms with Crippen molar-refractivity contribution in [3.63, 3.8) is 0 Å². The fraction of sp³-hybridized carbons (Fsp3) is 0.214. The number of rotatable bonds is 9. The van der Waals surface area contributed by atoms with Gasteiger partial charge in [-0.25, -0.2) is 4.79 Å². The molecule has 0 radical (unpaired) electrons. The van der Waals surface area contributed by atoms with E-state index in [9.17, 15) is 4.79 Å². The average molecular weight is 481 g/mol. The van der Waals surface area contributed by atoms with Crippen LogP contribution in [0.15, 0.2) is 90.0 Å². The number of aromatic amines is 1. The first kappa shape index (κ1) is 23.3. The van der Waals surface area contributed by atoms with Crippen LogP contribution in [-0.4, -0.2) is 36.9 Å². The molecular weight excluding hydrogens is 452 g/mol. The molecule has 0 aliphatic carbocycles. The summed E-state index contributed by atoms with van der Waals surface area (Å²) < 4.78 is 9.15. The van der Waals surface area contributed by atoms with E-state index in [-0.39, 0.29) is 11.7 Å². The molecule has 5 aromatic rings. The fourth-order valence-corrected chi connectivity index (χ4v) is 4.64. The topological polar surface area (TPSA) is 90.6 Å². The Morgan fingerprint density at radius 3 is 2.42 bits per heavy atom. The molecule has 0 spiro atoms. The second-order valence-corrected chi connectivity index (χ2v) is 8.64. The van der Waals surface area contributed by atoms with E-state index in [0.29, 0.717) is 12.4 Å². The van der Waals surface area contributed by atoms with Gasteiger partial charge in [0.15, 0.2) is 0 Å². The molecule has 0 amide bonds. The lowest BCUT2D eigenvalue weighted by molar-refractivity contribution is 0.395. The first-order chi connectivity index (χ1) is 17.7. The van der Waals surface area contributed by atoms with Gasteiger partial charge >= 0.3 is 5.69 Å². The minimum absolute atomic E-state index is 0.0362. The summed E-state index contributed by atoms with van der Waals surface area (Å²) in [6.07, 6.45) is 5.54. The maximum Gasteiger partial charge on any atom is 0.329 e. The zero-order valence-corrected chi connectivity index (χ0v) is 20.3. The predicted octanol–water partition coefficient (Wildman–Crippen LogP) is 4.94. The van der Waals surface area contributed by atoms with Crippen molar-refractivity contribution in [1.29, 1.82) is 0 Å². The lowest BCUT2D eigenvalue weighted by Gasteiger charge is -2.20. The summed E-state index contributed by atoms with van der Waals surface area (Å²) in [5.74, 6) is 1.35. The van der Waals surface area contributed by atoms with E-state index in [1.165, 1.54) is 0 Å². The van der Waals surface area contributed by atoms with Crippen molar-refractivity contribution in [3.8, 4) is 28.3 Å². The van der Waals surface area contributed by atoms with Gasteiger partial charge in [-0.2, -0.15) is 5.21 Å². The highest BCUT2D eigenvalue weighted by molar-refractivity contribution is 5.80. The molecule has 1 atom stereocenters. The Bertz CT molecular complexity index is 1490. The number of nitrogens with one attached hydrogen (secondary N) is 1. The normalized spacial score (nSPS) is 11.9. The van der Waals surface area contributed by atoms with Gasteiger partial charge in [0.1, 0.15) is 5.75 Å². The number of H-pyrrole nitrogens is 1. The summed E-state index contributed by atoms with van der Waals surface area (Å²) in [7, 11) is 1.67. The van der Waals surface area contributed by atoms with E-state index >= 15 is 0 Å². The van der Waals surface area contributed by atoms with Crippen LogP contribution in [0.25, 0.3) is 22.5 Å². The predicted molar refractivity (Wildman–Crippen MR) is 139 cm³/mol. The van der Waals surface area contributed by atoms with Gasteiger partial charge in [-0.3, -0.25) is 9.13 Å². The average Bonchev–Trinajstić information content (AvgIpc) is 3.59. The molecule has 3 aromatic carbocycles. The summed E-state index contributed by atoms with van der Waals surface area (Å²) in [4.78, 5) is 13.4. The maximum absolute atomic E-state index is 13.4. The van der Waals surface area contributed by atoms with Gasteiger partial charge in [-0.05, 0) is 34.4 Å². The van der Waals surface area contributed by atoms with Gasteiger partial charge in [0.2, 0.25) is 5.82 Å². The standard InChI is InChI=1S/C28H28N6O2/c1-3-8-25(24-11-6-7-12-26(24)36-2)34-18-17-33(28(34)35)19-20-13-15-21(16-14-20)22-9-4-5-10-23(22)27-29-31-32-30-27/h4-7,9-18,25H,3,8,19H2,1-2H3,(H,29,30,31,32). The molecule has 8 heteroatoms. The quantitative estimate of drug-likeness (QED) is 0.323. The highest BCUT2D eigenvalue weighted by Gasteiger charge is 2.20. The highest BCUT2D eigenvalue weighted by atomic mass is 16.5. The zero-order valence-electron chi connectivity index (χ0n) is 20.3. The Labute approximate surface area is 209 Å². The molecule has 182 valence electrons. The van der Waals surface area contributed by atoms with Crippen molar-refractivity contribution < 1.29 is 4.74 Å². The van der Waals surface area contributed by atoms with Crippen LogP contribution in [0.4, 0.5) is 0 Å². The monoisotopic (exact) mass is 480 g/mol. The second kappa shape index (κ2) is 10.4. The molecule has 0 aliphatic rings. The number of tetrazole rings is 1. The summed E-state index contributed by atoms with van der Waals surface area (Å²) in [5, 5.41) is 14.4. The molecule has 1 N–H and O–H groups in total. The van der Waals surface area contributed by atoms with Crippen LogP contribution >= 0.6 is 0 Å². The van der Waals surface area contributed by atoms with Crippen LogP contribution in [0.5, 0.6) is 5.75 Å². The van der Waals surface area contributed by atoms with E-state index in [0.717, 1.165) is 46.4 Å². The third-order valence-corrected chi connectivity index (χ3v) is 6.40. The van der Waals surface area contributed by atoms with Crippen molar-refractivity contribution in [1.82, 2.24) is 29.8 Å². The van der Waals surface area contributed by atoms with Gasteiger partial charge in [0.05, 0.1) is 19.7 Å². The summed E-state index contributed by atoms with van der Waals surface area (Å²) in [6.45, 7) is 2.62. The second-order valence-electron chi connectivity index (χ2n) is 8.64. The SMILES string of the molecule is CCCC(c1ccccc1OC)n1ccn(Cc2ccc(-c3ccccc3-c3nn[nH]n3)cc2)c1=O. The summed E-state index contributed by atoms with van der Waals surface area (Å²) in [5.41, 5.74) is 5.00. The molecular formula is C28H28N6O2. The largest absolute Gasteiger partial charge is 0.496 e. The Kier molecular flexibility index (Phi) is 6.75. The molecule has 2 heterocycles. The Balaban J connectivity index is 1.40. The third kappa shape index (κ3) is 4.57. The van der Waals surface area contributed by atoms with E-state index < -0.39 is 0 Å². The van der Waals surface area contributed by atoms with Gasteiger partial charge in [-0.15, -0.1) is 10.2 Å². The molecule has 0 aliphatic heterocycles. The number of imidazole rings is 1. The van der Waals surface area contributed by atoms with E-state index in [2.05, 4.69) is 51.8 Å². The molecule has 8 nitrogen and oxygen atoms in total. The van der Waals surface area contributed by atoms with Crippen molar-refractivity contribution in [2.24, 2.45) is 0 Å². The molecule has 0 saturated carbocycles. The van der Waals surface area contributed by atoms with Gasteiger partial charge in [-0.1, -0.05) is 80.1 Å². The maximum atomic E-state index is 13.4. The third-order valence-electron chi connectivity index (χ3n) is 6.40. The number of methoxy groups -OCH3 is 1. The van der Waals surface area contributed by atoms with Crippen LogP contribution in [0, 0.1) is 0 Å². The number of hydrogen-bond acceptors (Lipinski definition) is 5. The number of aromatic nitrogens is 6. The van der Waals surface area contributed by atoms with E-state index in [1.807, 2.05) is 65.5 Å². The number of nitrogens with zero attached hydrogens (tertiary/aromatic N) is 5. The summed E-state index contributed by atoms with van der Waals surface area (Å²) >= 11 is 0. The molecule has 5 rings (SSSR count). The summed E-state index contributed by atoms with van der Waals surface area (Å²) in [6, 6.07) is 24.0. The molecule has 36 heavy (non-hydrogen) atoms. The van der Waals surface area contributed by atoms with Gasteiger partial charge in [0, 0.05) is 23.5 Å². The minimum atomic E-state index is -0.0797. The van der Waals surface area contributed by atoms with Crippen molar-refractivity contribution >= 4 is 0 Å². The zero-order chi connectivity index (χ0) is 24.9. The van der Waals surface area contributed by atoms with E-state index in [4.69, 9.17) is 4.74 Å². The molecule has 2 aromatic heterocycles. The first-order valence-corrected chi connectivity index (χ1v) is 12.0. The lowest BCUT2D eigenvalue weighted by atomic mass is 9.98. The van der Waals surface area contributed by atoms with Gasteiger partial charge < -0.3 is 4.74 Å². The van der Waals surface area contributed by atoms with Gasteiger partial charge in [0.25, 0.3) is 0 Å². The molecule has 0 bridgehead atoms. The fourth-order valence-electron chi connectivity index (χ4n) is 4.64. The number of benzene rings is 3. The Hall–Kier alpha value is -4.46. The number of para-hydroxylation sites is 1. The minimum Gasteiger partial charge on any atom is -0.496 e. The molecule has 0 fully saturated rings. The number of ether oxygens (including phenoxy) is 1. The lowest BCUT2D eigenvalue weighted by Crippen LogP contribution is -2.28. The molecule has 1 unspecified atom stereocenters. The smallest absolute Gasteiger partial charge is 0.329 e. The van der Waals surface area contributed by atoms with Crippen LogP contribution in [-0.2, 0) is 6.54 Å². The van der Waals surface area contributed by atoms with Crippen LogP contribution in [0.2, 0.25) is 0 Å². The van der Waals surface area contributed by atoms with Crippen LogP contribution < -0.4 is 10.4 Å². The first-order valence-electron chi connectivity index (χ1n) is 12.0. The van der Waals surface area contributed by atoms with Crippen LogP contribution in [0.3, 0.4) is 0 Å². The Morgan fingerprint density at radius 2 is 1.69 bits per heavy atom. The van der Waals surface area contributed by atoms with E-state index in [1.54, 1.807) is 11.7 Å². The van der Waals surface area contributed by atoms with Crippen molar-refractivity contribution in [3.05, 3.63) is 107 Å². The number of hydrogen-bond donors (Lipinski definition) is 1. The van der Waals surface area contributed by atoms with Crippen molar-refractivity contribution in [2.75, 3.05) is 7.11 Å². The highest BCUT2D eigenvalue weighted by Crippen LogP contribution is 2.31. The molecule has 0 saturated heterocycles. The Morgan fingerprint density at radius 1 is 0.944 bits per heavy atom.